The summed E-state index contributed by atoms with van der Waals surface area (Å²) in [6.07, 6.45) is 0.197. The Morgan fingerprint density at radius 2 is 2.00 bits per heavy atom. The van der Waals surface area contributed by atoms with Crippen molar-refractivity contribution in [3.8, 4) is 5.75 Å². The van der Waals surface area contributed by atoms with Crippen molar-refractivity contribution in [1.82, 2.24) is 5.32 Å². The summed E-state index contributed by atoms with van der Waals surface area (Å²) in [7, 11) is 2.90. The number of nitrogens with one attached hydrogen (secondary N) is 1. The quantitative estimate of drug-likeness (QED) is 0.853. The number of allylic oxidation sites excluding steroid dienone is 1. The van der Waals surface area contributed by atoms with Crippen LogP contribution in [0.15, 0.2) is 35.5 Å². The number of hydrogen-bond donors (Lipinski definition) is 1. The Labute approximate surface area is 117 Å². The molecule has 1 aliphatic heterocycles. The first-order valence-electron chi connectivity index (χ1n) is 6.30. The van der Waals surface area contributed by atoms with Gasteiger partial charge >= 0.3 is 5.97 Å². The molecule has 0 bridgehead atoms. The summed E-state index contributed by atoms with van der Waals surface area (Å²) in [5.41, 5.74) is 1.81. The third-order valence-electron chi connectivity index (χ3n) is 3.39. The van der Waals surface area contributed by atoms with Crippen molar-refractivity contribution in [2.24, 2.45) is 0 Å². The minimum atomic E-state index is -0.432. The molecule has 1 N–H and O–H groups in total. The second kappa shape index (κ2) is 5.77. The minimum absolute atomic E-state index is 0.119. The molecule has 0 spiro atoms. The SMILES string of the molecule is COC(=O)C1=C(C)NC(=O)C[C@H]1c1ccccc1OC. The third-order valence-corrected chi connectivity index (χ3v) is 3.39. The van der Waals surface area contributed by atoms with Crippen molar-refractivity contribution in [2.75, 3.05) is 14.2 Å². The lowest BCUT2D eigenvalue weighted by Crippen LogP contribution is -2.34. The van der Waals surface area contributed by atoms with Gasteiger partial charge < -0.3 is 14.8 Å². The number of hydrogen-bond acceptors (Lipinski definition) is 4. The Morgan fingerprint density at radius 1 is 1.30 bits per heavy atom. The molecule has 0 fully saturated rings. The molecule has 1 aromatic carbocycles. The van der Waals surface area contributed by atoms with Crippen molar-refractivity contribution in [3.05, 3.63) is 41.1 Å². The molecule has 0 aliphatic carbocycles. The van der Waals surface area contributed by atoms with Crippen LogP contribution in [0.25, 0.3) is 0 Å². The fraction of sp³-hybridized carbons (Fsp3) is 0.333. The van der Waals surface area contributed by atoms with E-state index in [1.54, 1.807) is 14.0 Å². The van der Waals surface area contributed by atoms with Gasteiger partial charge in [0.2, 0.25) is 5.91 Å². The molecule has 1 aliphatic rings. The molecule has 1 heterocycles. The number of methoxy groups -OCH3 is 2. The van der Waals surface area contributed by atoms with Crippen LogP contribution in [0.5, 0.6) is 5.75 Å². The Morgan fingerprint density at radius 3 is 2.65 bits per heavy atom. The highest BCUT2D eigenvalue weighted by molar-refractivity contribution is 5.95. The highest BCUT2D eigenvalue weighted by atomic mass is 16.5. The van der Waals surface area contributed by atoms with E-state index < -0.39 is 5.97 Å². The molecule has 0 saturated heterocycles. The zero-order valence-electron chi connectivity index (χ0n) is 11.7. The van der Waals surface area contributed by atoms with E-state index >= 15 is 0 Å². The van der Waals surface area contributed by atoms with E-state index in [4.69, 9.17) is 9.47 Å². The molecule has 106 valence electrons. The number of rotatable bonds is 3. The average molecular weight is 275 g/mol. The van der Waals surface area contributed by atoms with Crippen molar-refractivity contribution in [2.45, 2.75) is 19.3 Å². The van der Waals surface area contributed by atoms with Gasteiger partial charge in [0.25, 0.3) is 0 Å². The summed E-state index contributed by atoms with van der Waals surface area (Å²) in [6.45, 7) is 1.70. The van der Waals surface area contributed by atoms with E-state index in [2.05, 4.69) is 5.32 Å². The fourth-order valence-corrected chi connectivity index (χ4v) is 2.50. The van der Waals surface area contributed by atoms with Crippen LogP contribution in [0.3, 0.4) is 0 Å². The average Bonchev–Trinajstić information content (AvgIpc) is 2.45. The topological polar surface area (TPSA) is 64.6 Å². The van der Waals surface area contributed by atoms with Crippen LogP contribution in [0, 0.1) is 0 Å². The summed E-state index contributed by atoms with van der Waals surface area (Å²) in [5, 5.41) is 2.68. The van der Waals surface area contributed by atoms with Crippen molar-refractivity contribution >= 4 is 11.9 Å². The fourth-order valence-electron chi connectivity index (χ4n) is 2.50. The maximum absolute atomic E-state index is 12.0. The highest BCUT2D eigenvalue weighted by Gasteiger charge is 2.33. The standard InChI is InChI=1S/C15H17NO4/c1-9-14(15(18)20-3)11(8-13(17)16-9)10-6-4-5-7-12(10)19-2/h4-7,11H,8H2,1-3H3,(H,16,17)/t11-/m0/s1. The summed E-state index contributed by atoms with van der Waals surface area (Å²) < 4.78 is 10.2. The van der Waals surface area contributed by atoms with Gasteiger partial charge in [-0.05, 0) is 13.0 Å². The molecular formula is C15H17NO4. The van der Waals surface area contributed by atoms with Gasteiger partial charge in [-0.2, -0.15) is 0 Å². The lowest BCUT2D eigenvalue weighted by atomic mass is 9.84. The van der Waals surface area contributed by atoms with Crippen molar-refractivity contribution < 1.29 is 19.1 Å². The lowest BCUT2D eigenvalue weighted by molar-refractivity contribution is -0.136. The molecule has 0 radical (unpaired) electrons. The first-order valence-corrected chi connectivity index (χ1v) is 6.30. The van der Waals surface area contributed by atoms with Gasteiger partial charge in [0.15, 0.2) is 0 Å². The first kappa shape index (κ1) is 14.1. The predicted octanol–water partition coefficient (Wildman–Crippen LogP) is 1.75. The van der Waals surface area contributed by atoms with Gasteiger partial charge in [-0.25, -0.2) is 4.79 Å². The zero-order chi connectivity index (χ0) is 14.7. The molecule has 5 nitrogen and oxygen atoms in total. The Balaban J connectivity index is 2.54. The lowest BCUT2D eigenvalue weighted by Gasteiger charge is -2.27. The first-order chi connectivity index (χ1) is 9.58. The van der Waals surface area contributed by atoms with Gasteiger partial charge in [0.1, 0.15) is 5.75 Å². The van der Waals surface area contributed by atoms with Crippen LogP contribution in [0.2, 0.25) is 0 Å². The van der Waals surface area contributed by atoms with Gasteiger partial charge in [-0.1, -0.05) is 18.2 Å². The largest absolute Gasteiger partial charge is 0.496 e. The monoisotopic (exact) mass is 275 g/mol. The molecule has 0 saturated carbocycles. The summed E-state index contributed by atoms with van der Waals surface area (Å²) >= 11 is 0. The van der Waals surface area contributed by atoms with Crippen LogP contribution >= 0.6 is 0 Å². The number of carbonyl (C=O) groups is 2. The zero-order valence-corrected chi connectivity index (χ0v) is 11.7. The van der Waals surface area contributed by atoms with E-state index in [0.717, 1.165) is 5.56 Å². The molecule has 2 rings (SSSR count). The van der Waals surface area contributed by atoms with Crippen LogP contribution in [-0.2, 0) is 14.3 Å². The minimum Gasteiger partial charge on any atom is -0.496 e. The molecule has 0 aromatic heterocycles. The number of benzene rings is 1. The highest BCUT2D eigenvalue weighted by Crippen LogP contribution is 2.37. The number of esters is 1. The molecule has 20 heavy (non-hydrogen) atoms. The molecule has 0 unspecified atom stereocenters. The van der Waals surface area contributed by atoms with Gasteiger partial charge in [-0.15, -0.1) is 0 Å². The Hall–Kier alpha value is -2.30. The summed E-state index contributed by atoms with van der Waals surface area (Å²) in [5.74, 6) is -0.252. The van der Waals surface area contributed by atoms with Crippen LogP contribution in [0.1, 0.15) is 24.8 Å². The summed E-state index contributed by atoms with van der Waals surface area (Å²) in [4.78, 5) is 23.8. The van der Waals surface area contributed by atoms with Gasteiger partial charge in [0, 0.05) is 23.6 Å². The van der Waals surface area contributed by atoms with Gasteiger partial charge in [0.05, 0.1) is 19.8 Å². The number of carbonyl (C=O) groups excluding carboxylic acids is 2. The number of amides is 1. The Kier molecular flexibility index (Phi) is 4.08. The van der Waals surface area contributed by atoms with Crippen molar-refractivity contribution in [3.63, 3.8) is 0 Å². The van der Waals surface area contributed by atoms with Crippen LogP contribution in [0.4, 0.5) is 0 Å². The normalized spacial score (nSPS) is 18.6. The molecule has 1 aromatic rings. The maximum atomic E-state index is 12.0. The molecule has 1 amide bonds. The predicted molar refractivity (Wildman–Crippen MR) is 73.2 cm³/mol. The van der Waals surface area contributed by atoms with Crippen LogP contribution in [-0.4, -0.2) is 26.1 Å². The molecule has 5 heteroatoms. The second-order valence-electron chi connectivity index (χ2n) is 4.58. The van der Waals surface area contributed by atoms with E-state index in [-0.39, 0.29) is 18.2 Å². The van der Waals surface area contributed by atoms with E-state index in [1.165, 1.54) is 7.11 Å². The van der Waals surface area contributed by atoms with Crippen molar-refractivity contribution in [1.29, 1.82) is 0 Å². The summed E-state index contributed by atoms with van der Waals surface area (Å²) in [6, 6.07) is 7.37. The smallest absolute Gasteiger partial charge is 0.336 e. The maximum Gasteiger partial charge on any atom is 0.336 e. The second-order valence-corrected chi connectivity index (χ2v) is 4.58. The molecule has 1 atom stereocenters. The molecular weight excluding hydrogens is 258 g/mol. The third kappa shape index (κ3) is 2.52. The van der Waals surface area contributed by atoms with E-state index in [1.807, 2.05) is 24.3 Å². The number of para-hydroxylation sites is 1. The number of ether oxygens (including phenoxy) is 2. The van der Waals surface area contributed by atoms with E-state index in [0.29, 0.717) is 17.0 Å². The van der Waals surface area contributed by atoms with Gasteiger partial charge in [-0.3, -0.25) is 4.79 Å². The Bertz CT molecular complexity index is 577. The van der Waals surface area contributed by atoms with E-state index in [9.17, 15) is 9.59 Å². The van der Waals surface area contributed by atoms with Crippen LogP contribution < -0.4 is 10.1 Å².